The van der Waals surface area contributed by atoms with E-state index in [0.717, 1.165) is 0 Å². The van der Waals surface area contributed by atoms with E-state index in [4.69, 9.17) is 0 Å². The zero-order chi connectivity index (χ0) is 34.7. The third kappa shape index (κ3) is 7.44. The average Bonchev–Trinajstić information content (AvgIpc) is 3.20. The molecule has 8 aromatic carbocycles. The van der Waals surface area contributed by atoms with Crippen LogP contribution in [0.3, 0.4) is 0 Å². The molecule has 1 aliphatic heterocycles. The van der Waals surface area contributed by atoms with Gasteiger partial charge in [0.25, 0.3) is 0 Å². The van der Waals surface area contributed by atoms with E-state index in [9.17, 15) is 0 Å². The van der Waals surface area contributed by atoms with E-state index >= 15 is 0 Å². The molecule has 52 heavy (non-hydrogen) atoms. The molecule has 0 radical (unpaired) electrons. The molecule has 0 unspecified atom stereocenters. The standard InChI is InChI=1S/4C12H8.4Hg/c4*1-3-7-11(8-4-1)12-9-5-2-6-10-12;;;;/h4*1-7,9H;;;;. The number of benzene rings is 8. The van der Waals surface area contributed by atoms with Crippen molar-refractivity contribution in [1.29, 1.82) is 0 Å². The fourth-order valence-electron chi connectivity index (χ4n) is 8.32. The van der Waals surface area contributed by atoms with Crippen molar-refractivity contribution in [3.8, 4) is 44.5 Å². The molecule has 0 aliphatic carbocycles. The first-order chi connectivity index (χ1) is 25.8. The van der Waals surface area contributed by atoms with Crippen molar-refractivity contribution in [2.75, 3.05) is 0 Å². The number of fused-ring (bicyclic) bond motifs is 12. The van der Waals surface area contributed by atoms with Crippen LogP contribution < -0.4 is 24.6 Å². The van der Waals surface area contributed by atoms with Crippen LogP contribution in [-0.2, 0) is 98.3 Å². The minimum atomic E-state index is -1.81. The molecule has 0 amide bonds. The molecule has 232 valence electrons. The predicted octanol–water partition coefficient (Wildman–Crippen LogP) is 6.80. The van der Waals surface area contributed by atoms with Crippen LogP contribution in [0.2, 0.25) is 0 Å². The van der Waals surface area contributed by atoms with E-state index < -0.39 is 98.3 Å². The Morgan fingerprint density at radius 2 is 0.269 bits per heavy atom. The van der Waals surface area contributed by atoms with Crippen molar-refractivity contribution in [3.63, 3.8) is 0 Å². The number of hydrogen-bond acceptors (Lipinski definition) is 0. The van der Waals surface area contributed by atoms with Crippen LogP contribution >= 0.6 is 0 Å². The SMILES string of the molecule is c1ccc2[c](c1)[Hg][c]1ccccc1-c1cccc[c]1[Hg][c]1ccccc1-c1cccc[c]1[Hg][c]1ccccc1-c1cccc[c]1[Hg][c]1ccccc1-2. The predicted molar refractivity (Wildman–Crippen MR) is 205 cm³/mol. The summed E-state index contributed by atoms with van der Waals surface area (Å²) in [6.07, 6.45) is 0. The van der Waals surface area contributed by atoms with Crippen LogP contribution in [0.1, 0.15) is 0 Å². The van der Waals surface area contributed by atoms with Gasteiger partial charge in [-0.2, -0.15) is 0 Å². The summed E-state index contributed by atoms with van der Waals surface area (Å²) in [6.45, 7) is 0. The summed E-state index contributed by atoms with van der Waals surface area (Å²) >= 11 is -7.25. The van der Waals surface area contributed by atoms with Crippen molar-refractivity contribution in [2.45, 2.75) is 0 Å². The van der Waals surface area contributed by atoms with E-state index in [2.05, 4.69) is 194 Å². The average molecular weight is 1410 g/mol. The van der Waals surface area contributed by atoms with Gasteiger partial charge in [0.15, 0.2) is 0 Å². The quantitative estimate of drug-likeness (QED) is 0.147. The Labute approximate surface area is 356 Å². The second kappa shape index (κ2) is 16.5. The molecule has 0 bridgehead atoms. The molecule has 0 N–H and O–H groups in total. The monoisotopic (exact) mass is 1420 g/mol. The van der Waals surface area contributed by atoms with Crippen LogP contribution in [0.5, 0.6) is 0 Å². The Morgan fingerprint density at radius 1 is 0.154 bits per heavy atom. The first-order valence-corrected chi connectivity index (χ1v) is 40.4. The van der Waals surface area contributed by atoms with Gasteiger partial charge in [0.2, 0.25) is 0 Å². The van der Waals surface area contributed by atoms with Crippen molar-refractivity contribution >= 4 is 24.6 Å². The van der Waals surface area contributed by atoms with Gasteiger partial charge in [0, 0.05) is 0 Å². The summed E-state index contributed by atoms with van der Waals surface area (Å²) < 4.78 is 13.0. The van der Waals surface area contributed by atoms with Gasteiger partial charge in [-0.05, 0) is 0 Å². The van der Waals surface area contributed by atoms with Crippen LogP contribution in [0.4, 0.5) is 0 Å². The fraction of sp³-hybridized carbons (Fsp3) is 0. The fourth-order valence-corrected chi connectivity index (χ4v) is 38.1. The molecular formula is C48H32Hg4. The van der Waals surface area contributed by atoms with Gasteiger partial charge in [0.1, 0.15) is 0 Å². The molecule has 9 rings (SSSR count). The van der Waals surface area contributed by atoms with Gasteiger partial charge < -0.3 is 0 Å². The van der Waals surface area contributed by atoms with Crippen LogP contribution in [0.15, 0.2) is 194 Å². The van der Waals surface area contributed by atoms with Gasteiger partial charge in [-0.25, -0.2) is 0 Å². The van der Waals surface area contributed by atoms with Gasteiger partial charge in [0.05, 0.1) is 0 Å². The first-order valence-electron chi connectivity index (χ1n) is 18.4. The molecule has 0 atom stereocenters. The van der Waals surface area contributed by atoms with Gasteiger partial charge in [-0.3, -0.25) is 0 Å². The molecule has 0 saturated heterocycles. The Morgan fingerprint density at radius 3 is 0.404 bits per heavy atom. The van der Waals surface area contributed by atoms with E-state index in [-0.39, 0.29) is 0 Å². The Bertz CT molecular complexity index is 2020. The molecule has 0 fully saturated rings. The second-order valence-electron chi connectivity index (χ2n) is 14.0. The van der Waals surface area contributed by atoms with Crippen molar-refractivity contribution in [1.82, 2.24) is 0 Å². The Kier molecular flexibility index (Phi) is 11.2. The molecule has 1 heterocycles. The summed E-state index contributed by atoms with van der Waals surface area (Å²) in [5.41, 5.74) is 11.9. The summed E-state index contributed by atoms with van der Waals surface area (Å²) in [7, 11) is 0. The maximum absolute atomic E-state index is 2.46. The molecule has 1 aliphatic rings. The minimum absolute atomic E-state index is 1.48. The normalized spacial score (nSPS) is 11.1. The molecule has 0 aromatic heterocycles. The zero-order valence-corrected chi connectivity index (χ0v) is 51.3. The summed E-state index contributed by atoms with van der Waals surface area (Å²) in [6, 6.07) is 75.5. The molecule has 0 nitrogen and oxygen atoms in total. The number of hydrogen-bond donors (Lipinski definition) is 0. The Hall–Kier alpha value is -2.50. The second-order valence-corrected chi connectivity index (χ2v) is 43.2. The van der Waals surface area contributed by atoms with Crippen LogP contribution in [-0.4, -0.2) is 0 Å². The maximum atomic E-state index is 2.46. The topological polar surface area (TPSA) is 0 Å². The van der Waals surface area contributed by atoms with Crippen molar-refractivity contribution in [3.05, 3.63) is 194 Å². The summed E-state index contributed by atoms with van der Waals surface area (Å²) in [5, 5.41) is 0. The number of rotatable bonds is 0. The molecular weight excluding hydrogens is 1380 g/mol. The third-order valence-corrected chi connectivity index (χ3v) is 41.8. The van der Waals surface area contributed by atoms with Crippen LogP contribution in [0.25, 0.3) is 44.5 Å². The van der Waals surface area contributed by atoms with Gasteiger partial charge >= 0.3 is 362 Å². The molecule has 0 saturated carbocycles. The van der Waals surface area contributed by atoms with E-state index in [0.29, 0.717) is 0 Å². The zero-order valence-electron chi connectivity index (χ0n) is 29.3. The third-order valence-electron chi connectivity index (χ3n) is 10.8. The first kappa shape index (κ1) is 35.2. The van der Waals surface area contributed by atoms with Crippen molar-refractivity contribution < 1.29 is 98.3 Å². The van der Waals surface area contributed by atoms with E-state index in [1.165, 1.54) is 44.5 Å². The molecule has 8 aromatic rings. The van der Waals surface area contributed by atoms with E-state index in [1.807, 2.05) is 0 Å². The van der Waals surface area contributed by atoms with Crippen molar-refractivity contribution in [2.24, 2.45) is 0 Å². The van der Waals surface area contributed by atoms with Crippen LogP contribution in [0, 0.1) is 0 Å². The summed E-state index contributed by atoms with van der Waals surface area (Å²) in [5.74, 6) is 0. The summed E-state index contributed by atoms with van der Waals surface area (Å²) in [4.78, 5) is 0. The molecule has 0 spiro atoms. The molecule has 4 heteroatoms. The van der Waals surface area contributed by atoms with Gasteiger partial charge in [-0.1, -0.05) is 0 Å². The van der Waals surface area contributed by atoms with Gasteiger partial charge in [-0.15, -0.1) is 0 Å². The van der Waals surface area contributed by atoms with E-state index in [1.54, 1.807) is 24.6 Å². The Balaban J connectivity index is 1.29.